The predicted octanol–water partition coefficient (Wildman–Crippen LogP) is 4.37. The number of amides is 3. The Labute approximate surface area is 287 Å². The molecule has 3 amide bonds. The van der Waals surface area contributed by atoms with Gasteiger partial charge in [0.1, 0.15) is 31.6 Å². The molecule has 0 aliphatic carbocycles. The van der Waals surface area contributed by atoms with Crippen LogP contribution in [0.25, 0.3) is 0 Å². The number of esters is 1. The lowest BCUT2D eigenvalue weighted by Gasteiger charge is -2.29. The molecule has 0 fully saturated rings. The van der Waals surface area contributed by atoms with Crippen molar-refractivity contribution in [3.8, 4) is 5.75 Å². The third-order valence-corrected chi connectivity index (χ3v) is 7.83. The Kier molecular flexibility index (Phi) is 13.8. The van der Waals surface area contributed by atoms with Crippen molar-refractivity contribution in [1.82, 2.24) is 16.0 Å². The fraction of sp³-hybridized carbons (Fsp3) is 0.368. The van der Waals surface area contributed by atoms with Crippen molar-refractivity contribution in [1.29, 1.82) is 0 Å². The first-order valence-corrected chi connectivity index (χ1v) is 16.4. The van der Waals surface area contributed by atoms with E-state index in [-0.39, 0.29) is 50.9 Å². The van der Waals surface area contributed by atoms with Crippen molar-refractivity contribution in [3.63, 3.8) is 0 Å². The summed E-state index contributed by atoms with van der Waals surface area (Å²) in [5, 5.41) is 18.3. The summed E-state index contributed by atoms with van der Waals surface area (Å²) in [6.45, 7) is 3.46. The van der Waals surface area contributed by atoms with Gasteiger partial charge in [0.05, 0.1) is 24.1 Å². The zero-order valence-corrected chi connectivity index (χ0v) is 27.9. The Balaban J connectivity index is 1.31. The summed E-state index contributed by atoms with van der Waals surface area (Å²) >= 11 is 0. The quantitative estimate of drug-likeness (QED) is 0.164. The molecule has 1 aliphatic heterocycles. The van der Waals surface area contributed by atoms with Gasteiger partial charge in [-0.15, -0.1) is 0 Å². The van der Waals surface area contributed by atoms with Gasteiger partial charge in [-0.25, -0.2) is 9.59 Å². The van der Waals surface area contributed by atoms with Crippen LogP contribution in [0.1, 0.15) is 49.8 Å². The lowest BCUT2D eigenvalue weighted by atomic mass is 9.96. The van der Waals surface area contributed by atoms with Crippen LogP contribution < -0.4 is 20.7 Å². The summed E-state index contributed by atoms with van der Waals surface area (Å²) in [4.78, 5) is 51.8. The van der Waals surface area contributed by atoms with Crippen LogP contribution in [0.4, 0.5) is 4.79 Å². The van der Waals surface area contributed by atoms with E-state index in [9.17, 15) is 24.3 Å². The molecule has 1 aliphatic rings. The second-order valence-corrected chi connectivity index (χ2v) is 12.7. The molecule has 49 heavy (non-hydrogen) atoms. The van der Waals surface area contributed by atoms with E-state index in [1.54, 1.807) is 26.0 Å². The van der Waals surface area contributed by atoms with E-state index >= 15 is 0 Å². The second kappa shape index (κ2) is 18.4. The number of allylic oxidation sites excluding steroid dienone is 1. The third kappa shape index (κ3) is 12.8. The summed E-state index contributed by atoms with van der Waals surface area (Å²) in [6, 6.07) is 24.9. The molecule has 3 aromatic carbocycles. The highest BCUT2D eigenvalue weighted by Gasteiger charge is 2.31. The molecule has 0 bridgehead atoms. The van der Waals surface area contributed by atoms with Gasteiger partial charge in [0.25, 0.3) is 0 Å². The molecule has 0 aromatic heterocycles. The van der Waals surface area contributed by atoms with Crippen molar-refractivity contribution in [2.24, 2.45) is 5.92 Å². The summed E-state index contributed by atoms with van der Waals surface area (Å²) in [5.41, 5.74) is 1.82. The van der Waals surface area contributed by atoms with Gasteiger partial charge >= 0.3 is 12.1 Å². The van der Waals surface area contributed by atoms with Crippen molar-refractivity contribution < 1.29 is 38.5 Å². The Morgan fingerprint density at radius 3 is 2.18 bits per heavy atom. The minimum absolute atomic E-state index is 0.0423. The predicted molar refractivity (Wildman–Crippen MR) is 183 cm³/mol. The van der Waals surface area contributed by atoms with Crippen molar-refractivity contribution in [2.45, 2.75) is 70.4 Å². The molecule has 0 saturated carbocycles. The monoisotopic (exact) mass is 671 g/mol. The van der Waals surface area contributed by atoms with E-state index in [1.807, 2.05) is 84.9 Å². The van der Waals surface area contributed by atoms with E-state index in [4.69, 9.17) is 14.2 Å². The molecule has 11 heteroatoms. The molecule has 3 atom stereocenters. The SMILES string of the molecule is CC1(C)COC(=O)C(NC(=O)OCc2ccccc2)CC=CCC(CC(=O)NC(CO)Cc2ccc(OCc3ccccc3)cc2)C(=O)N1. The molecule has 0 radical (unpaired) electrons. The van der Waals surface area contributed by atoms with E-state index in [2.05, 4.69) is 16.0 Å². The molecule has 3 unspecified atom stereocenters. The van der Waals surface area contributed by atoms with Crippen LogP contribution in [0, 0.1) is 5.92 Å². The lowest BCUT2D eigenvalue weighted by Crippen LogP contribution is -2.51. The highest BCUT2D eigenvalue weighted by atomic mass is 16.6. The molecule has 3 aromatic rings. The number of hydrogen-bond donors (Lipinski definition) is 4. The number of aliphatic hydroxyl groups is 1. The van der Waals surface area contributed by atoms with Gasteiger partial charge in [-0.2, -0.15) is 0 Å². The fourth-order valence-corrected chi connectivity index (χ4v) is 5.14. The second-order valence-electron chi connectivity index (χ2n) is 12.7. The standard InChI is InChI=1S/C38H45N3O8/c1-38(2)26-49-36(45)33(40-37(46)48-25-29-13-7-4-8-14-29)16-10-9-15-30(35(44)41-38)22-34(43)39-31(23-42)21-27-17-19-32(20-18-27)47-24-28-11-5-3-6-12-28/h3-14,17-20,30-31,33,42H,15-16,21-26H2,1-2H3,(H,39,43)(H,40,46)(H,41,44). The molecule has 0 saturated heterocycles. The fourth-order valence-electron chi connectivity index (χ4n) is 5.14. The third-order valence-electron chi connectivity index (χ3n) is 7.83. The molecule has 4 rings (SSSR count). The average molecular weight is 672 g/mol. The van der Waals surface area contributed by atoms with Crippen molar-refractivity contribution in [2.75, 3.05) is 13.2 Å². The van der Waals surface area contributed by atoms with E-state index in [0.717, 1.165) is 16.7 Å². The number of hydrogen-bond acceptors (Lipinski definition) is 8. The first kappa shape index (κ1) is 36.7. The lowest BCUT2D eigenvalue weighted by molar-refractivity contribution is -0.149. The van der Waals surface area contributed by atoms with E-state index < -0.39 is 35.6 Å². The van der Waals surface area contributed by atoms with E-state index in [1.165, 1.54) is 0 Å². The zero-order valence-electron chi connectivity index (χ0n) is 27.9. The Morgan fingerprint density at radius 1 is 0.898 bits per heavy atom. The van der Waals surface area contributed by atoms with Crippen molar-refractivity contribution >= 4 is 23.9 Å². The Bertz CT molecular complexity index is 1540. The number of nitrogens with one attached hydrogen (secondary N) is 3. The number of carbonyl (C=O) groups excluding carboxylic acids is 4. The molecular formula is C38H45N3O8. The van der Waals surface area contributed by atoms with Gasteiger partial charge in [-0.05, 0) is 61.9 Å². The Hall–Kier alpha value is -5.16. The first-order valence-electron chi connectivity index (χ1n) is 16.4. The van der Waals surface area contributed by atoms with Gasteiger partial charge in [-0.3, -0.25) is 9.59 Å². The number of cyclic esters (lactones) is 1. The number of carbonyl (C=O) groups is 4. The molecule has 11 nitrogen and oxygen atoms in total. The maximum absolute atomic E-state index is 13.3. The van der Waals surface area contributed by atoms with Gasteiger partial charge in [0.2, 0.25) is 11.8 Å². The first-order chi connectivity index (χ1) is 23.6. The van der Waals surface area contributed by atoms with Gasteiger partial charge in [0.15, 0.2) is 0 Å². The van der Waals surface area contributed by atoms with Crippen LogP contribution in [0.15, 0.2) is 97.1 Å². The Morgan fingerprint density at radius 2 is 1.53 bits per heavy atom. The average Bonchev–Trinajstić information content (AvgIpc) is 3.10. The van der Waals surface area contributed by atoms with Crippen LogP contribution in [-0.2, 0) is 43.5 Å². The number of alkyl carbamates (subject to hydrolysis) is 1. The summed E-state index contributed by atoms with van der Waals surface area (Å²) < 4.78 is 16.6. The molecule has 1 heterocycles. The van der Waals surface area contributed by atoms with Crippen LogP contribution in [-0.4, -0.2) is 59.8 Å². The number of rotatable bonds is 12. The molecular weight excluding hydrogens is 626 g/mol. The summed E-state index contributed by atoms with van der Waals surface area (Å²) in [7, 11) is 0. The molecule has 4 N–H and O–H groups in total. The largest absolute Gasteiger partial charge is 0.489 e. The molecule has 0 spiro atoms. The van der Waals surface area contributed by atoms with Crippen LogP contribution in [0.5, 0.6) is 5.75 Å². The summed E-state index contributed by atoms with van der Waals surface area (Å²) in [5.74, 6) is -1.43. The van der Waals surface area contributed by atoms with Crippen LogP contribution in [0.3, 0.4) is 0 Å². The van der Waals surface area contributed by atoms with Gasteiger partial charge < -0.3 is 35.3 Å². The maximum atomic E-state index is 13.3. The number of ether oxygens (including phenoxy) is 3. The smallest absolute Gasteiger partial charge is 0.408 e. The zero-order chi connectivity index (χ0) is 35.1. The topological polar surface area (TPSA) is 152 Å². The number of benzene rings is 3. The highest BCUT2D eigenvalue weighted by Crippen LogP contribution is 2.18. The minimum atomic E-state index is -1.01. The van der Waals surface area contributed by atoms with Crippen molar-refractivity contribution in [3.05, 3.63) is 114 Å². The molecule has 260 valence electrons. The minimum Gasteiger partial charge on any atom is -0.489 e. The van der Waals surface area contributed by atoms with Crippen LogP contribution in [0.2, 0.25) is 0 Å². The summed E-state index contributed by atoms with van der Waals surface area (Å²) in [6.07, 6.45) is 3.18. The maximum Gasteiger partial charge on any atom is 0.408 e. The normalized spacial score (nSPS) is 18.4. The van der Waals surface area contributed by atoms with Crippen LogP contribution >= 0.6 is 0 Å². The van der Waals surface area contributed by atoms with Gasteiger partial charge in [-0.1, -0.05) is 84.9 Å². The number of aliphatic hydroxyl groups excluding tert-OH is 1. The van der Waals surface area contributed by atoms with E-state index in [0.29, 0.717) is 18.8 Å². The highest BCUT2D eigenvalue weighted by molar-refractivity contribution is 5.86. The van der Waals surface area contributed by atoms with Gasteiger partial charge in [0, 0.05) is 6.42 Å².